The highest BCUT2D eigenvalue weighted by molar-refractivity contribution is 5.27. The molecule has 1 aromatic carbocycles. The fourth-order valence-corrected chi connectivity index (χ4v) is 2.46. The Kier molecular flexibility index (Phi) is 6.49. The molecule has 0 spiro atoms. The SMILES string of the molecule is CCCCC(CC)C(NN)c1ccc(C(F)(F)F)cc1. The Labute approximate surface area is 118 Å². The van der Waals surface area contributed by atoms with E-state index in [0.29, 0.717) is 5.92 Å². The van der Waals surface area contributed by atoms with E-state index >= 15 is 0 Å². The molecule has 3 N–H and O–H groups in total. The molecule has 5 heteroatoms. The van der Waals surface area contributed by atoms with Gasteiger partial charge in [0.2, 0.25) is 0 Å². The van der Waals surface area contributed by atoms with E-state index in [1.165, 1.54) is 12.1 Å². The van der Waals surface area contributed by atoms with E-state index in [1.54, 1.807) is 0 Å². The molecule has 2 unspecified atom stereocenters. The largest absolute Gasteiger partial charge is 0.416 e. The first-order valence-corrected chi connectivity index (χ1v) is 7.07. The minimum absolute atomic E-state index is 0.103. The molecule has 0 amide bonds. The molecule has 1 rings (SSSR count). The molecule has 0 heterocycles. The molecular formula is C15H23F3N2. The zero-order valence-electron chi connectivity index (χ0n) is 12.0. The Morgan fingerprint density at radius 1 is 1.15 bits per heavy atom. The van der Waals surface area contributed by atoms with Crippen molar-refractivity contribution in [2.75, 3.05) is 0 Å². The molecule has 0 aliphatic carbocycles. The van der Waals surface area contributed by atoms with Crippen molar-refractivity contribution in [1.82, 2.24) is 5.43 Å². The van der Waals surface area contributed by atoms with E-state index in [9.17, 15) is 13.2 Å². The van der Waals surface area contributed by atoms with Gasteiger partial charge in [-0.15, -0.1) is 0 Å². The van der Waals surface area contributed by atoms with Crippen molar-refractivity contribution < 1.29 is 13.2 Å². The first-order chi connectivity index (χ1) is 9.43. The van der Waals surface area contributed by atoms with Crippen molar-refractivity contribution in [3.63, 3.8) is 0 Å². The van der Waals surface area contributed by atoms with Gasteiger partial charge in [-0.3, -0.25) is 11.3 Å². The first-order valence-electron chi connectivity index (χ1n) is 7.07. The van der Waals surface area contributed by atoms with Gasteiger partial charge in [-0.25, -0.2) is 0 Å². The van der Waals surface area contributed by atoms with Crippen LogP contribution in [0.5, 0.6) is 0 Å². The fourth-order valence-electron chi connectivity index (χ4n) is 2.46. The first kappa shape index (κ1) is 17.0. The number of hydrogen-bond acceptors (Lipinski definition) is 2. The number of halogens is 3. The van der Waals surface area contributed by atoms with Crippen LogP contribution in [0.15, 0.2) is 24.3 Å². The number of alkyl halides is 3. The van der Waals surface area contributed by atoms with Crippen molar-refractivity contribution in [1.29, 1.82) is 0 Å². The van der Waals surface area contributed by atoms with Crippen LogP contribution in [-0.2, 0) is 6.18 Å². The summed E-state index contributed by atoms with van der Waals surface area (Å²) < 4.78 is 37.7. The van der Waals surface area contributed by atoms with E-state index in [2.05, 4.69) is 19.3 Å². The van der Waals surface area contributed by atoms with Crippen LogP contribution < -0.4 is 11.3 Å². The fraction of sp³-hybridized carbons (Fsp3) is 0.600. The quantitative estimate of drug-likeness (QED) is 0.575. The number of rotatable bonds is 7. The molecule has 20 heavy (non-hydrogen) atoms. The summed E-state index contributed by atoms with van der Waals surface area (Å²) in [6.45, 7) is 4.20. The molecule has 0 aromatic heterocycles. The molecule has 0 aliphatic heterocycles. The number of nitrogens with one attached hydrogen (secondary N) is 1. The zero-order valence-corrected chi connectivity index (χ0v) is 12.0. The van der Waals surface area contributed by atoms with Gasteiger partial charge in [0.15, 0.2) is 0 Å². The lowest BCUT2D eigenvalue weighted by Crippen LogP contribution is -2.33. The van der Waals surface area contributed by atoms with Crippen LogP contribution in [0.2, 0.25) is 0 Å². The van der Waals surface area contributed by atoms with Crippen LogP contribution in [0.3, 0.4) is 0 Å². The van der Waals surface area contributed by atoms with Gasteiger partial charge in [0.05, 0.1) is 5.56 Å². The summed E-state index contributed by atoms with van der Waals surface area (Å²) >= 11 is 0. The predicted octanol–water partition coefficient (Wildman–Crippen LogP) is 4.43. The number of unbranched alkanes of at least 4 members (excludes halogenated alkanes) is 1. The van der Waals surface area contributed by atoms with Gasteiger partial charge >= 0.3 is 6.18 Å². The summed E-state index contributed by atoms with van der Waals surface area (Å²) in [6.07, 6.45) is -0.145. The van der Waals surface area contributed by atoms with Gasteiger partial charge in [0.25, 0.3) is 0 Å². The van der Waals surface area contributed by atoms with Crippen LogP contribution in [0, 0.1) is 5.92 Å². The van der Waals surface area contributed by atoms with E-state index in [1.807, 2.05) is 0 Å². The van der Waals surface area contributed by atoms with Gasteiger partial charge in [0, 0.05) is 6.04 Å². The van der Waals surface area contributed by atoms with Crippen molar-refractivity contribution in [2.24, 2.45) is 11.8 Å². The van der Waals surface area contributed by atoms with Gasteiger partial charge in [0.1, 0.15) is 0 Å². The second-order valence-corrected chi connectivity index (χ2v) is 5.07. The van der Waals surface area contributed by atoms with Gasteiger partial charge in [-0.2, -0.15) is 13.2 Å². The lowest BCUT2D eigenvalue weighted by molar-refractivity contribution is -0.137. The highest BCUT2D eigenvalue weighted by atomic mass is 19.4. The third-order valence-electron chi connectivity index (χ3n) is 3.70. The van der Waals surface area contributed by atoms with Crippen LogP contribution >= 0.6 is 0 Å². The number of hydrazine groups is 1. The van der Waals surface area contributed by atoms with E-state index in [0.717, 1.165) is 43.4 Å². The van der Waals surface area contributed by atoms with E-state index in [-0.39, 0.29) is 6.04 Å². The minimum atomic E-state index is -4.30. The smallest absolute Gasteiger partial charge is 0.271 e. The zero-order chi connectivity index (χ0) is 15.2. The summed E-state index contributed by atoms with van der Waals surface area (Å²) in [5.74, 6) is 5.93. The molecule has 2 atom stereocenters. The molecule has 0 bridgehead atoms. The molecule has 0 fully saturated rings. The summed E-state index contributed by atoms with van der Waals surface area (Å²) in [4.78, 5) is 0. The summed E-state index contributed by atoms with van der Waals surface area (Å²) in [7, 11) is 0. The Morgan fingerprint density at radius 3 is 2.15 bits per heavy atom. The summed E-state index contributed by atoms with van der Waals surface area (Å²) in [5.41, 5.74) is 2.94. The lowest BCUT2D eigenvalue weighted by atomic mass is 9.87. The highest BCUT2D eigenvalue weighted by Gasteiger charge is 2.30. The monoisotopic (exact) mass is 288 g/mol. The second kappa shape index (κ2) is 7.64. The maximum absolute atomic E-state index is 12.6. The molecule has 0 aliphatic rings. The molecule has 0 radical (unpaired) electrons. The van der Waals surface area contributed by atoms with E-state index < -0.39 is 11.7 Å². The van der Waals surface area contributed by atoms with Crippen LogP contribution in [0.1, 0.15) is 56.7 Å². The average Bonchev–Trinajstić information content (AvgIpc) is 2.42. The maximum atomic E-state index is 12.6. The summed E-state index contributed by atoms with van der Waals surface area (Å²) in [6, 6.07) is 5.16. The van der Waals surface area contributed by atoms with E-state index in [4.69, 9.17) is 5.84 Å². The third kappa shape index (κ3) is 4.49. The Balaban J connectivity index is 2.88. The Bertz CT molecular complexity index is 387. The Hall–Kier alpha value is -1.07. The molecule has 1 aromatic rings. The summed E-state index contributed by atoms with van der Waals surface area (Å²) in [5, 5.41) is 0. The topological polar surface area (TPSA) is 38.0 Å². The van der Waals surface area contributed by atoms with Gasteiger partial charge in [-0.05, 0) is 30.0 Å². The number of benzene rings is 1. The predicted molar refractivity (Wildman–Crippen MR) is 74.8 cm³/mol. The standard InChI is InChI=1S/C15H23F3N2/c1-3-5-6-11(4-2)14(20-19)12-7-9-13(10-8-12)15(16,17)18/h7-11,14,20H,3-6,19H2,1-2H3. The lowest BCUT2D eigenvalue weighted by Gasteiger charge is -2.26. The van der Waals surface area contributed by atoms with Crippen molar-refractivity contribution >= 4 is 0 Å². The van der Waals surface area contributed by atoms with Gasteiger partial charge < -0.3 is 0 Å². The molecule has 0 saturated heterocycles. The highest BCUT2D eigenvalue weighted by Crippen LogP contribution is 2.32. The van der Waals surface area contributed by atoms with Crippen LogP contribution in [0.25, 0.3) is 0 Å². The second-order valence-electron chi connectivity index (χ2n) is 5.07. The van der Waals surface area contributed by atoms with Crippen molar-refractivity contribution in [3.8, 4) is 0 Å². The van der Waals surface area contributed by atoms with Crippen LogP contribution in [-0.4, -0.2) is 0 Å². The minimum Gasteiger partial charge on any atom is -0.271 e. The van der Waals surface area contributed by atoms with Crippen LogP contribution in [0.4, 0.5) is 13.2 Å². The maximum Gasteiger partial charge on any atom is 0.416 e. The average molecular weight is 288 g/mol. The number of nitrogens with two attached hydrogens (primary N) is 1. The van der Waals surface area contributed by atoms with Gasteiger partial charge in [-0.1, -0.05) is 45.2 Å². The molecular weight excluding hydrogens is 265 g/mol. The van der Waals surface area contributed by atoms with Crippen molar-refractivity contribution in [3.05, 3.63) is 35.4 Å². The number of hydrogen-bond donors (Lipinski definition) is 2. The van der Waals surface area contributed by atoms with Crippen molar-refractivity contribution in [2.45, 2.75) is 51.7 Å². The Morgan fingerprint density at radius 2 is 1.75 bits per heavy atom. The normalized spacial score (nSPS) is 15.1. The molecule has 114 valence electrons. The molecule has 0 saturated carbocycles. The molecule has 2 nitrogen and oxygen atoms in total. The third-order valence-corrected chi connectivity index (χ3v) is 3.70.